The first-order chi connectivity index (χ1) is 11.2. The minimum Gasteiger partial charge on any atom is -0.508 e. The average molecular weight is 312 g/mol. The number of hydrogen-bond donors (Lipinski definition) is 2. The van der Waals surface area contributed by atoms with E-state index in [2.05, 4.69) is 29.4 Å². The molecule has 0 bridgehead atoms. The Kier molecular flexibility index (Phi) is 6.48. The number of anilines is 1. The first kappa shape index (κ1) is 16.9. The van der Waals surface area contributed by atoms with Gasteiger partial charge in [-0.05, 0) is 36.6 Å². The fraction of sp³-hybridized carbons (Fsp3) is 0.316. The summed E-state index contributed by atoms with van der Waals surface area (Å²) in [6, 6.07) is 17.3. The van der Waals surface area contributed by atoms with E-state index in [1.165, 1.54) is 5.69 Å². The molecular weight excluding hydrogens is 288 g/mol. The number of aryl methyl sites for hydroxylation is 1. The Morgan fingerprint density at radius 1 is 1.09 bits per heavy atom. The van der Waals surface area contributed by atoms with Gasteiger partial charge in [-0.1, -0.05) is 36.4 Å². The zero-order chi connectivity index (χ0) is 16.5. The molecule has 0 saturated carbocycles. The van der Waals surface area contributed by atoms with Gasteiger partial charge in [0.15, 0.2) is 0 Å². The molecule has 0 aliphatic carbocycles. The molecule has 0 unspecified atom stereocenters. The highest BCUT2D eigenvalue weighted by molar-refractivity contribution is 5.76. The van der Waals surface area contributed by atoms with Crippen molar-refractivity contribution in [1.82, 2.24) is 5.32 Å². The minimum absolute atomic E-state index is 0.0237. The molecule has 0 spiro atoms. The summed E-state index contributed by atoms with van der Waals surface area (Å²) in [5.74, 6) is 0.278. The van der Waals surface area contributed by atoms with Crippen molar-refractivity contribution in [2.45, 2.75) is 19.3 Å². The van der Waals surface area contributed by atoms with Crippen LogP contribution >= 0.6 is 0 Å². The molecular formula is C19H24N2O2. The maximum Gasteiger partial charge on any atom is 0.220 e. The van der Waals surface area contributed by atoms with Crippen molar-refractivity contribution in [2.24, 2.45) is 0 Å². The summed E-state index contributed by atoms with van der Waals surface area (Å²) in [6.07, 6.45) is 1.85. The second-order valence-corrected chi connectivity index (χ2v) is 5.59. The smallest absolute Gasteiger partial charge is 0.220 e. The molecule has 1 amide bonds. The van der Waals surface area contributed by atoms with Crippen LogP contribution in [0.3, 0.4) is 0 Å². The largest absolute Gasteiger partial charge is 0.508 e. The highest BCUT2D eigenvalue weighted by atomic mass is 16.3. The van der Waals surface area contributed by atoms with Crippen LogP contribution in [0.2, 0.25) is 0 Å². The molecule has 0 aliphatic heterocycles. The van der Waals surface area contributed by atoms with Gasteiger partial charge < -0.3 is 15.3 Å². The third-order valence-electron chi connectivity index (χ3n) is 3.80. The number of para-hydroxylation sites is 2. The van der Waals surface area contributed by atoms with Gasteiger partial charge in [-0.3, -0.25) is 4.79 Å². The molecule has 122 valence electrons. The summed E-state index contributed by atoms with van der Waals surface area (Å²) < 4.78 is 0. The van der Waals surface area contributed by atoms with Gasteiger partial charge in [0.2, 0.25) is 5.91 Å². The molecule has 2 aromatic carbocycles. The van der Waals surface area contributed by atoms with Crippen LogP contribution in [0.1, 0.15) is 18.4 Å². The molecule has 0 aromatic heterocycles. The SMILES string of the molecule is CN(CCCNC(=O)CCc1ccccc1O)c1ccccc1. The second-order valence-electron chi connectivity index (χ2n) is 5.59. The van der Waals surface area contributed by atoms with Gasteiger partial charge in [0.25, 0.3) is 0 Å². The predicted molar refractivity (Wildman–Crippen MR) is 93.8 cm³/mol. The van der Waals surface area contributed by atoms with Crippen LogP contribution in [0.4, 0.5) is 5.69 Å². The van der Waals surface area contributed by atoms with Crippen molar-refractivity contribution in [1.29, 1.82) is 0 Å². The topological polar surface area (TPSA) is 52.6 Å². The molecule has 4 heteroatoms. The second kappa shape index (κ2) is 8.83. The molecule has 2 aromatic rings. The van der Waals surface area contributed by atoms with Crippen LogP contribution in [-0.4, -0.2) is 31.2 Å². The number of nitrogens with zero attached hydrogens (tertiary/aromatic N) is 1. The molecule has 0 saturated heterocycles. The first-order valence-corrected chi connectivity index (χ1v) is 7.96. The Labute approximate surface area is 137 Å². The summed E-state index contributed by atoms with van der Waals surface area (Å²) in [4.78, 5) is 14.0. The maximum atomic E-state index is 11.8. The van der Waals surface area contributed by atoms with Crippen LogP contribution in [-0.2, 0) is 11.2 Å². The van der Waals surface area contributed by atoms with E-state index in [4.69, 9.17) is 0 Å². The van der Waals surface area contributed by atoms with E-state index >= 15 is 0 Å². The van der Waals surface area contributed by atoms with E-state index in [-0.39, 0.29) is 11.7 Å². The molecule has 23 heavy (non-hydrogen) atoms. The van der Waals surface area contributed by atoms with Gasteiger partial charge in [-0.15, -0.1) is 0 Å². The van der Waals surface area contributed by atoms with Crippen LogP contribution in [0.15, 0.2) is 54.6 Å². The van der Waals surface area contributed by atoms with E-state index in [0.29, 0.717) is 19.4 Å². The fourth-order valence-electron chi connectivity index (χ4n) is 2.41. The van der Waals surface area contributed by atoms with Crippen LogP contribution < -0.4 is 10.2 Å². The number of amides is 1. The van der Waals surface area contributed by atoms with Crippen molar-refractivity contribution < 1.29 is 9.90 Å². The van der Waals surface area contributed by atoms with Gasteiger partial charge in [-0.2, -0.15) is 0 Å². The molecule has 2 rings (SSSR count). The van der Waals surface area contributed by atoms with Crippen LogP contribution in [0.25, 0.3) is 0 Å². The Bertz CT molecular complexity index is 614. The Morgan fingerprint density at radius 2 is 1.78 bits per heavy atom. The Balaban J connectivity index is 1.62. The third kappa shape index (κ3) is 5.66. The van der Waals surface area contributed by atoms with Crippen molar-refractivity contribution >= 4 is 11.6 Å². The Hall–Kier alpha value is -2.49. The standard InChI is InChI=1S/C19H24N2O2/c1-21(17-9-3-2-4-10-17)15-7-14-20-19(23)13-12-16-8-5-6-11-18(16)22/h2-6,8-11,22H,7,12-15H2,1H3,(H,20,23). The number of benzene rings is 2. The lowest BCUT2D eigenvalue weighted by Gasteiger charge is -2.19. The van der Waals surface area contributed by atoms with E-state index in [0.717, 1.165) is 18.5 Å². The van der Waals surface area contributed by atoms with Gasteiger partial charge in [0, 0.05) is 32.2 Å². The quantitative estimate of drug-likeness (QED) is 0.737. The number of phenolic OH excluding ortho intramolecular Hbond substituents is 1. The molecule has 0 fully saturated rings. The van der Waals surface area contributed by atoms with Crippen molar-refractivity contribution in [2.75, 3.05) is 25.0 Å². The number of hydrogen-bond acceptors (Lipinski definition) is 3. The summed E-state index contributed by atoms with van der Waals surface area (Å²) in [6.45, 7) is 1.56. The number of nitrogens with one attached hydrogen (secondary N) is 1. The van der Waals surface area contributed by atoms with E-state index < -0.39 is 0 Å². The number of carbonyl (C=O) groups excluding carboxylic acids is 1. The molecule has 0 atom stereocenters. The lowest BCUT2D eigenvalue weighted by Crippen LogP contribution is -2.28. The molecule has 0 heterocycles. The summed E-state index contributed by atoms with van der Waals surface area (Å²) in [7, 11) is 2.05. The number of aromatic hydroxyl groups is 1. The molecule has 0 aliphatic rings. The zero-order valence-electron chi connectivity index (χ0n) is 13.5. The van der Waals surface area contributed by atoms with Crippen molar-refractivity contribution in [3.63, 3.8) is 0 Å². The fourth-order valence-corrected chi connectivity index (χ4v) is 2.41. The van der Waals surface area contributed by atoms with Gasteiger partial charge in [0.05, 0.1) is 0 Å². The third-order valence-corrected chi connectivity index (χ3v) is 3.80. The normalized spacial score (nSPS) is 10.3. The predicted octanol–water partition coefficient (Wildman–Crippen LogP) is 2.97. The van der Waals surface area contributed by atoms with E-state index in [1.54, 1.807) is 12.1 Å². The van der Waals surface area contributed by atoms with Gasteiger partial charge >= 0.3 is 0 Å². The lowest BCUT2D eigenvalue weighted by atomic mass is 10.1. The molecule has 4 nitrogen and oxygen atoms in total. The van der Waals surface area contributed by atoms with Crippen LogP contribution in [0.5, 0.6) is 5.75 Å². The first-order valence-electron chi connectivity index (χ1n) is 7.96. The van der Waals surface area contributed by atoms with Crippen LogP contribution in [0, 0.1) is 0 Å². The van der Waals surface area contributed by atoms with Gasteiger partial charge in [-0.25, -0.2) is 0 Å². The number of rotatable bonds is 8. The van der Waals surface area contributed by atoms with Gasteiger partial charge in [0.1, 0.15) is 5.75 Å². The number of phenols is 1. The lowest BCUT2D eigenvalue weighted by molar-refractivity contribution is -0.121. The highest BCUT2D eigenvalue weighted by Gasteiger charge is 2.05. The summed E-state index contributed by atoms with van der Waals surface area (Å²) >= 11 is 0. The number of carbonyl (C=O) groups is 1. The highest BCUT2D eigenvalue weighted by Crippen LogP contribution is 2.17. The Morgan fingerprint density at radius 3 is 2.52 bits per heavy atom. The monoisotopic (exact) mass is 312 g/mol. The average Bonchev–Trinajstić information content (AvgIpc) is 2.58. The van der Waals surface area contributed by atoms with Crippen molar-refractivity contribution in [3.8, 4) is 5.75 Å². The van der Waals surface area contributed by atoms with E-state index in [9.17, 15) is 9.90 Å². The molecule has 2 N–H and O–H groups in total. The molecule has 0 radical (unpaired) electrons. The van der Waals surface area contributed by atoms with E-state index in [1.807, 2.05) is 30.3 Å². The summed E-state index contributed by atoms with van der Waals surface area (Å²) in [5, 5.41) is 12.6. The minimum atomic E-state index is 0.0237. The zero-order valence-corrected chi connectivity index (χ0v) is 13.5. The van der Waals surface area contributed by atoms with Crippen molar-refractivity contribution in [3.05, 3.63) is 60.2 Å². The maximum absolute atomic E-state index is 11.8. The summed E-state index contributed by atoms with van der Waals surface area (Å²) in [5.41, 5.74) is 1.99.